The second kappa shape index (κ2) is 9.61. The molecule has 0 saturated carbocycles. The Labute approximate surface area is 203 Å². The third-order valence-corrected chi connectivity index (χ3v) is 8.12. The molecule has 0 bridgehead atoms. The van der Waals surface area contributed by atoms with Crippen molar-refractivity contribution in [2.24, 2.45) is 5.92 Å². The summed E-state index contributed by atoms with van der Waals surface area (Å²) in [6, 6.07) is 4.49. The molecule has 2 unspecified atom stereocenters. The van der Waals surface area contributed by atoms with Gasteiger partial charge in [0.05, 0.1) is 0 Å². The molecule has 2 aliphatic rings. The maximum absolute atomic E-state index is 13.0. The van der Waals surface area contributed by atoms with Crippen LogP contribution in [0.4, 0.5) is 0 Å². The molecular formula is C27H44O4Si2. The number of carbonyl (C=O) groups is 1. The molecule has 1 aromatic rings. The Morgan fingerprint density at radius 1 is 1.09 bits per heavy atom. The molecule has 1 aliphatic carbocycles. The SMILES string of the molecule is CCCCCc1cc2c(c(O[Si](C)(C)C)c1)C1CC(C(=O)O[Si](C)(C)C)=CCC1C(C)(C)O2. The Morgan fingerprint density at radius 3 is 2.39 bits per heavy atom. The van der Waals surface area contributed by atoms with E-state index in [2.05, 4.69) is 78.3 Å². The fourth-order valence-corrected chi connectivity index (χ4v) is 6.60. The highest BCUT2D eigenvalue weighted by Gasteiger charge is 2.47. The van der Waals surface area contributed by atoms with E-state index in [0.717, 1.165) is 35.5 Å². The van der Waals surface area contributed by atoms with Crippen LogP contribution in [0.2, 0.25) is 39.3 Å². The summed E-state index contributed by atoms with van der Waals surface area (Å²) in [4.78, 5) is 13.0. The minimum Gasteiger partial charge on any atom is -0.544 e. The maximum atomic E-state index is 13.0. The van der Waals surface area contributed by atoms with Crippen LogP contribution in [0.15, 0.2) is 23.8 Å². The molecule has 4 nitrogen and oxygen atoms in total. The molecule has 1 aromatic carbocycles. The number of hydrogen-bond donors (Lipinski definition) is 0. The normalized spacial score (nSPS) is 21.9. The summed E-state index contributed by atoms with van der Waals surface area (Å²) in [6.07, 6.45) is 8.24. The molecule has 0 aromatic heterocycles. The van der Waals surface area contributed by atoms with Crippen LogP contribution in [0.25, 0.3) is 0 Å². The zero-order valence-electron chi connectivity index (χ0n) is 22.3. The summed E-state index contributed by atoms with van der Waals surface area (Å²) in [5.74, 6) is 2.27. The molecule has 6 heteroatoms. The predicted molar refractivity (Wildman–Crippen MR) is 141 cm³/mol. The van der Waals surface area contributed by atoms with Crippen LogP contribution >= 0.6 is 0 Å². The highest BCUT2D eigenvalue weighted by Crippen LogP contribution is 2.55. The number of aryl methyl sites for hydroxylation is 1. The van der Waals surface area contributed by atoms with Gasteiger partial charge >= 0.3 is 5.97 Å². The summed E-state index contributed by atoms with van der Waals surface area (Å²) >= 11 is 0. The first kappa shape index (κ1) is 26.1. The van der Waals surface area contributed by atoms with Gasteiger partial charge < -0.3 is 13.6 Å². The van der Waals surface area contributed by atoms with Gasteiger partial charge in [-0.15, -0.1) is 0 Å². The zero-order chi connectivity index (χ0) is 24.6. The molecule has 0 radical (unpaired) electrons. The van der Waals surface area contributed by atoms with Crippen molar-refractivity contribution in [1.82, 2.24) is 0 Å². The number of carbonyl (C=O) groups excluding carboxylic acids is 1. The first-order valence-electron chi connectivity index (χ1n) is 12.7. The van der Waals surface area contributed by atoms with Crippen LogP contribution in [-0.4, -0.2) is 28.2 Å². The average molecular weight is 489 g/mol. The lowest BCUT2D eigenvalue weighted by atomic mass is 9.67. The molecule has 0 spiro atoms. The van der Waals surface area contributed by atoms with Gasteiger partial charge in [0.15, 0.2) is 0 Å². The molecule has 3 rings (SSSR count). The average Bonchev–Trinajstić information content (AvgIpc) is 2.64. The van der Waals surface area contributed by atoms with Crippen molar-refractivity contribution in [3.63, 3.8) is 0 Å². The molecule has 1 aliphatic heterocycles. The van der Waals surface area contributed by atoms with Crippen molar-refractivity contribution >= 4 is 22.6 Å². The number of hydrogen-bond acceptors (Lipinski definition) is 4. The molecule has 0 fully saturated rings. The zero-order valence-corrected chi connectivity index (χ0v) is 24.3. The van der Waals surface area contributed by atoms with Crippen LogP contribution in [0.5, 0.6) is 11.5 Å². The Hall–Kier alpha value is -1.54. The van der Waals surface area contributed by atoms with E-state index in [-0.39, 0.29) is 17.5 Å². The van der Waals surface area contributed by atoms with E-state index in [0.29, 0.717) is 12.3 Å². The highest BCUT2D eigenvalue weighted by molar-refractivity contribution is 6.71. The largest absolute Gasteiger partial charge is 0.544 e. The highest BCUT2D eigenvalue weighted by atomic mass is 28.4. The van der Waals surface area contributed by atoms with E-state index in [1.807, 2.05) is 0 Å². The second-order valence-electron chi connectivity index (χ2n) is 12.3. The third-order valence-electron chi connectivity index (χ3n) is 6.49. The molecular weight excluding hydrogens is 444 g/mol. The van der Waals surface area contributed by atoms with E-state index in [4.69, 9.17) is 13.6 Å². The van der Waals surface area contributed by atoms with Gasteiger partial charge in [0, 0.05) is 23.0 Å². The van der Waals surface area contributed by atoms with Gasteiger partial charge in [-0.2, -0.15) is 0 Å². The summed E-state index contributed by atoms with van der Waals surface area (Å²) < 4.78 is 19.2. The number of allylic oxidation sites excluding steroid dienone is 1. The molecule has 0 amide bonds. The maximum Gasteiger partial charge on any atom is 0.320 e. The van der Waals surface area contributed by atoms with Crippen LogP contribution in [-0.2, 0) is 15.6 Å². The quantitative estimate of drug-likeness (QED) is 0.279. The van der Waals surface area contributed by atoms with E-state index in [1.165, 1.54) is 24.8 Å². The number of fused-ring (bicyclic) bond motifs is 3. The van der Waals surface area contributed by atoms with Gasteiger partial charge in [0.25, 0.3) is 0 Å². The molecule has 184 valence electrons. The minimum atomic E-state index is -1.95. The fraction of sp³-hybridized carbons (Fsp3) is 0.667. The second-order valence-corrected chi connectivity index (χ2v) is 21.1. The van der Waals surface area contributed by atoms with Gasteiger partial charge in [0.2, 0.25) is 16.6 Å². The third kappa shape index (κ3) is 6.53. The molecule has 33 heavy (non-hydrogen) atoms. The van der Waals surface area contributed by atoms with Gasteiger partial charge in [-0.1, -0.05) is 25.8 Å². The van der Waals surface area contributed by atoms with Gasteiger partial charge in [-0.05, 0) is 96.5 Å². The summed E-state index contributed by atoms with van der Waals surface area (Å²) in [7, 11) is -3.79. The van der Waals surface area contributed by atoms with E-state index >= 15 is 0 Å². The number of benzene rings is 1. The van der Waals surface area contributed by atoms with Crippen LogP contribution < -0.4 is 9.16 Å². The van der Waals surface area contributed by atoms with Crippen molar-refractivity contribution in [3.8, 4) is 11.5 Å². The molecule has 0 N–H and O–H groups in total. The standard InChI is InChI=1S/C27H44O4Si2/c1-10-11-12-13-19-16-23-25(24(17-19)30-32(4,5)6)21-18-20(26(28)31-33(7,8)9)14-15-22(21)27(2,3)29-23/h14,16-17,21-22H,10-13,15,18H2,1-9H3. The number of rotatable bonds is 8. The van der Waals surface area contributed by atoms with Crippen LogP contribution in [0, 0.1) is 5.92 Å². The Kier molecular flexibility index (Phi) is 7.59. The lowest BCUT2D eigenvalue weighted by Crippen LogP contribution is -2.46. The Balaban J connectivity index is 2.03. The molecule has 2 atom stereocenters. The minimum absolute atomic E-state index is 0.137. The first-order valence-corrected chi connectivity index (χ1v) is 19.5. The monoisotopic (exact) mass is 488 g/mol. The topological polar surface area (TPSA) is 44.8 Å². The molecule has 1 heterocycles. The fourth-order valence-electron chi connectivity index (χ4n) is 5.08. The van der Waals surface area contributed by atoms with Crippen molar-refractivity contribution in [1.29, 1.82) is 0 Å². The van der Waals surface area contributed by atoms with Crippen molar-refractivity contribution in [2.75, 3.05) is 0 Å². The summed E-state index contributed by atoms with van der Waals surface area (Å²) in [5.41, 5.74) is 2.95. The van der Waals surface area contributed by atoms with E-state index < -0.39 is 16.6 Å². The lowest BCUT2D eigenvalue weighted by Gasteiger charge is -2.47. The van der Waals surface area contributed by atoms with Gasteiger partial charge in [-0.25, -0.2) is 4.79 Å². The smallest absolute Gasteiger partial charge is 0.320 e. The number of unbranched alkanes of at least 4 members (excludes halogenated alkanes) is 2. The van der Waals surface area contributed by atoms with Crippen molar-refractivity contribution in [3.05, 3.63) is 34.9 Å². The van der Waals surface area contributed by atoms with E-state index in [9.17, 15) is 4.79 Å². The summed E-state index contributed by atoms with van der Waals surface area (Å²) in [5, 5.41) is 0. The molecule has 0 saturated heterocycles. The lowest BCUT2D eigenvalue weighted by molar-refractivity contribution is -0.131. The van der Waals surface area contributed by atoms with Crippen molar-refractivity contribution < 1.29 is 18.4 Å². The van der Waals surface area contributed by atoms with Gasteiger partial charge in [-0.3, -0.25) is 0 Å². The summed E-state index contributed by atoms with van der Waals surface area (Å²) in [6.45, 7) is 19.5. The van der Waals surface area contributed by atoms with Crippen molar-refractivity contribution in [2.45, 2.75) is 110 Å². The van der Waals surface area contributed by atoms with Crippen LogP contribution in [0.3, 0.4) is 0 Å². The first-order chi connectivity index (χ1) is 15.2. The van der Waals surface area contributed by atoms with Gasteiger partial charge in [0.1, 0.15) is 17.1 Å². The predicted octanol–water partition coefficient (Wildman–Crippen LogP) is 7.60. The van der Waals surface area contributed by atoms with E-state index in [1.54, 1.807) is 0 Å². The number of ether oxygens (including phenoxy) is 1. The van der Waals surface area contributed by atoms with Crippen LogP contribution in [0.1, 0.15) is 69.9 Å². The Morgan fingerprint density at radius 2 is 1.79 bits per heavy atom. The Bertz CT molecular complexity index is 906.